The van der Waals surface area contributed by atoms with Gasteiger partial charge in [0.25, 0.3) is 0 Å². The first-order valence-corrected chi connectivity index (χ1v) is 19.4. The summed E-state index contributed by atoms with van der Waals surface area (Å²) < 4.78 is 35.7. The van der Waals surface area contributed by atoms with Crippen LogP contribution in [0.5, 0.6) is 0 Å². The Hall–Kier alpha value is -2.58. The number of hydrogen-bond donors (Lipinski definition) is 0. The van der Waals surface area contributed by atoms with Gasteiger partial charge in [-0.3, -0.25) is 9.08 Å². The first kappa shape index (κ1) is 32.4. The van der Waals surface area contributed by atoms with Crippen molar-refractivity contribution in [2.24, 2.45) is 10.6 Å². The maximum atomic E-state index is 14.6. The van der Waals surface area contributed by atoms with Gasteiger partial charge in [-0.25, -0.2) is 4.98 Å². The van der Waals surface area contributed by atoms with Gasteiger partial charge in [0.2, 0.25) is 0 Å². The fourth-order valence-electron chi connectivity index (χ4n) is 7.72. The molecule has 1 aromatic heterocycles. The monoisotopic (exact) mass is 648 g/mol. The molecule has 3 aromatic rings. The molecule has 0 aliphatic heterocycles. The number of benzene rings is 2. The quantitative estimate of drug-likeness (QED) is 0.179. The van der Waals surface area contributed by atoms with E-state index in [1.807, 2.05) is 24.3 Å². The zero-order valence-electron chi connectivity index (χ0n) is 27.1. The Morgan fingerprint density at radius 2 is 1.31 bits per heavy atom. The second kappa shape index (κ2) is 13.6. The van der Waals surface area contributed by atoms with Crippen LogP contribution in [0.3, 0.4) is 0 Å². The van der Waals surface area contributed by atoms with Gasteiger partial charge in [0, 0.05) is 5.41 Å². The van der Waals surface area contributed by atoms with Crippen LogP contribution in [0.25, 0.3) is 10.2 Å². The molecule has 0 amide bonds. The average Bonchev–Trinajstić information content (AvgIpc) is 3.49. The van der Waals surface area contributed by atoms with E-state index in [-0.39, 0.29) is 23.3 Å². The fourth-order valence-corrected chi connectivity index (χ4v) is 9.94. The van der Waals surface area contributed by atoms with Crippen LogP contribution < -0.4 is 0 Å². The lowest BCUT2D eigenvalue weighted by Crippen LogP contribution is -2.30. The smallest absolute Gasteiger partial charge is 0.292 e. The Bertz CT molecular complexity index is 1580. The topological polar surface area (TPSA) is 85.7 Å². The van der Waals surface area contributed by atoms with Gasteiger partial charge in [0.15, 0.2) is 11.5 Å². The molecule has 242 valence electrons. The molecule has 3 fully saturated rings. The Morgan fingerprint density at radius 3 is 1.82 bits per heavy atom. The Labute approximate surface area is 273 Å². The van der Waals surface area contributed by atoms with E-state index in [9.17, 15) is 13.2 Å². The molecular weight excluding hydrogens is 601 g/mol. The van der Waals surface area contributed by atoms with E-state index in [1.54, 1.807) is 20.8 Å². The highest BCUT2D eigenvalue weighted by atomic mass is 32.2. The zero-order chi connectivity index (χ0) is 31.6. The van der Waals surface area contributed by atoms with Crippen molar-refractivity contribution in [2.75, 3.05) is 0 Å². The molecule has 6 rings (SSSR count). The lowest BCUT2D eigenvalue weighted by molar-refractivity contribution is -0.119. The van der Waals surface area contributed by atoms with Crippen molar-refractivity contribution in [3.8, 4) is 0 Å². The van der Waals surface area contributed by atoms with Crippen molar-refractivity contribution in [1.29, 1.82) is 0 Å². The largest absolute Gasteiger partial charge is 0.359 e. The number of oxime groups is 1. The summed E-state index contributed by atoms with van der Waals surface area (Å²) in [6.45, 7) is 5.41. The van der Waals surface area contributed by atoms with Crippen LogP contribution in [0.15, 0.2) is 46.4 Å². The van der Waals surface area contributed by atoms with Crippen molar-refractivity contribution in [2.45, 2.75) is 140 Å². The Balaban J connectivity index is 1.48. The van der Waals surface area contributed by atoms with E-state index in [4.69, 9.17) is 4.28 Å². The molecule has 0 N–H and O–H groups in total. The van der Waals surface area contributed by atoms with Gasteiger partial charge in [0.1, 0.15) is 9.90 Å². The van der Waals surface area contributed by atoms with Gasteiger partial charge in [0.05, 0.1) is 10.2 Å². The number of aromatic nitrogens is 1. The minimum absolute atomic E-state index is 0.0375. The summed E-state index contributed by atoms with van der Waals surface area (Å²) in [4.78, 5) is 18.7. The van der Waals surface area contributed by atoms with Gasteiger partial charge in [-0.15, -0.1) is 11.3 Å². The van der Waals surface area contributed by atoms with Crippen molar-refractivity contribution in [1.82, 2.24) is 4.98 Å². The molecule has 0 atom stereocenters. The normalized spacial score (nSPS) is 20.0. The lowest BCUT2D eigenvalue weighted by atomic mass is 9.76. The molecule has 3 aliphatic carbocycles. The van der Waals surface area contributed by atoms with Crippen LogP contribution in [0.4, 0.5) is 0 Å². The molecule has 8 heteroatoms. The summed E-state index contributed by atoms with van der Waals surface area (Å²) in [5.41, 5.74) is 3.08. The number of hydrogen-bond acceptors (Lipinski definition) is 7. The predicted molar refractivity (Wildman–Crippen MR) is 183 cm³/mol. The third-order valence-corrected chi connectivity index (χ3v) is 12.5. The first-order chi connectivity index (χ1) is 21.6. The number of thiazole rings is 1. The molecule has 0 unspecified atom stereocenters. The van der Waals surface area contributed by atoms with Gasteiger partial charge < -0.3 is 0 Å². The van der Waals surface area contributed by atoms with Crippen molar-refractivity contribution in [3.05, 3.63) is 58.1 Å². The highest BCUT2D eigenvalue weighted by Crippen LogP contribution is 2.46. The van der Waals surface area contributed by atoms with E-state index in [0.29, 0.717) is 15.8 Å². The summed E-state index contributed by atoms with van der Waals surface area (Å²) in [5.74, 6) is 0.544. The molecule has 2 aromatic carbocycles. The van der Waals surface area contributed by atoms with Crippen molar-refractivity contribution < 1.29 is 17.5 Å². The highest BCUT2D eigenvalue weighted by Gasteiger charge is 2.36. The third kappa shape index (κ3) is 7.22. The maximum Gasteiger partial charge on any atom is 0.359 e. The van der Waals surface area contributed by atoms with E-state index < -0.39 is 15.5 Å². The summed E-state index contributed by atoms with van der Waals surface area (Å²) in [7, 11) is -4.34. The molecular formula is C37H48N2O4S2. The standard InChI is InChI=1S/C37H48N2O4S2/c1-37(2,3)35(40)33(36-38-31-21-13-14-22-32(31)44-36)39-43-45(41,42)34-29(26-17-9-5-10-18-26)23-28(25-15-7-4-8-16-25)24-30(34)27-19-11-6-12-20-27/h13-14,21-27H,4-12,15-20H2,1-3H3/b39-33+. The van der Waals surface area contributed by atoms with Crippen molar-refractivity contribution >= 4 is 43.2 Å². The number of fused-ring (bicyclic) bond motifs is 1. The third-order valence-electron chi connectivity index (χ3n) is 10.2. The molecule has 0 radical (unpaired) electrons. The lowest BCUT2D eigenvalue weighted by Gasteiger charge is -2.31. The molecule has 3 aliphatic rings. The summed E-state index contributed by atoms with van der Waals surface area (Å²) in [6, 6.07) is 12.1. The summed E-state index contributed by atoms with van der Waals surface area (Å²) in [5, 5.41) is 4.59. The Kier molecular flexibility index (Phi) is 9.81. The molecule has 6 nitrogen and oxygen atoms in total. The minimum atomic E-state index is -4.34. The Morgan fingerprint density at radius 1 is 0.800 bits per heavy atom. The SMILES string of the molecule is CC(C)(C)C(=O)/C(=N\OS(=O)(=O)c1c(C2CCCCC2)cc(C2CCCCC2)cc1C1CCCCC1)c1nc2ccccc2s1. The van der Waals surface area contributed by atoms with E-state index >= 15 is 0 Å². The van der Waals surface area contributed by atoms with Crippen LogP contribution in [-0.2, 0) is 19.2 Å². The molecule has 0 saturated heterocycles. The summed E-state index contributed by atoms with van der Waals surface area (Å²) in [6.07, 6.45) is 16.9. The van der Waals surface area contributed by atoms with Crippen LogP contribution >= 0.6 is 11.3 Å². The number of carbonyl (C=O) groups excluding carboxylic acids is 1. The second-order valence-electron chi connectivity index (χ2n) is 14.6. The van der Waals surface area contributed by atoms with Crippen LogP contribution in [0.1, 0.15) is 157 Å². The molecule has 0 spiro atoms. The number of carbonyl (C=O) groups is 1. The van der Waals surface area contributed by atoms with Gasteiger partial charge >= 0.3 is 10.1 Å². The fraction of sp³-hybridized carbons (Fsp3) is 0.595. The van der Waals surface area contributed by atoms with Crippen LogP contribution in [-0.4, -0.2) is 24.9 Å². The minimum Gasteiger partial charge on any atom is -0.292 e. The maximum absolute atomic E-state index is 14.6. The van der Waals surface area contributed by atoms with E-state index in [2.05, 4.69) is 22.3 Å². The molecule has 3 saturated carbocycles. The summed E-state index contributed by atoms with van der Waals surface area (Å²) >= 11 is 1.33. The van der Waals surface area contributed by atoms with Crippen LogP contribution in [0, 0.1) is 5.41 Å². The van der Waals surface area contributed by atoms with Gasteiger partial charge in [-0.2, -0.15) is 8.42 Å². The first-order valence-electron chi connectivity index (χ1n) is 17.2. The van der Waals surface area contributed by atoms with Crippen molar-refractivity contribution in [3.63, 3.8) is 0 Å². The number of ketones is 1. The average molecular weight is 649 g/mol. The number of Topliss-reactive ketones (excluding diaryl/α,β-unsaturated/α-hetero) is 1. The molecule has 1 heterocycles. The van der Waals surface area contributed by atoms with E-state index in [0.717, 1.165) is 72.7 Å². The molecule has 0 bridgehead atoms. The van der Waals surface area contributed by atoms with Gasteiger partial charge in [-0.1, -0.05) is 108 Å². The number of nitrogens with zero attached hydrogens (tertiary/aromatic N) is 2. The molecule has 45 heavy (non-hydrogen) atoms. The zero-order valence-corrected chi connectivity index (χ0v) is 28.8. The highest BCUT2D eigenvalue weighted by molar-refractivity contribution is 7.86. The van der Waals surface area contributed by atoms with Gasteiger partial charge in [-0.05, 0) is 85.1 Å². The number of para-hydroxylation sites is 1. The predicted octanol–water partition coefficient (Wildman–Crippen LogP) is 10.2. The van der Waals surface area contributed by atoms with Crippen LogP contribution in [0.2, 0.25) is 0 Å². The number of rotatable bonds is 8. The van der Waals surface area contributed by atoms with E-state index in [1.165, 1.54) is 61.8 Å². The second-order valence-corrected chi connectivity index (χ2v) is 17.1.